The van der Waals surface area contributed by atoms with Crippen molar-refractivity contribution < 1.29 is 9.59 Å². The normalized spacial score (nSPS) is 12.9. The number of nitrogens with one attached hydrogen (secondary N) is 1. The molecule has 0 aromatic heterocycles. The monoisotopic (exact) mass is 418 g/mol. The molecule has 0 atom stereocenters. The molecule has 1 aliphatic heterocycles. The largest absolute Gasteiger partial charge is 0.322 e. The average Bonchev–Trinajstić information content (AvgIpc) is 2.78. The van der Waals surface area contributed by atoms with Crippen LogP contribution in [0, 0.1) is 0 Å². The number of anilines is 2. The topological polar surface area (TPSA) is 49.4 Å². The highest BCUT2D eigenvalue weighted by Gasteiger charge is 2.24. The lowest BCUT2D eigenvalue weighted by Crippen LogP contribution is -2.35. The SMILES string of the molecule is CCc1ccccc1NC(=O)c1ccc2c(c1)CCCN2C(=O)c1cccc(Cl)c1. The van der Waals surface area contributed by atoms with Crippen molar-refractivity contribution in [1.82, 2.24) is 0 Å². The van der Waals surface area contributed by atoms with E-state index in [4.69, 9.17) is 11.6 Å². The van der Waals surface area contributed by atoms with E-state index in [-0.39, 0.29) is 11.8 Å². The molecular formula is C25H23ClN2O2. The van der Waals surface area contributed by atoms with Crippen molar-refractivity contribution in [1.29, 1.82) is 0 Å². The lowest BCUT2D eigenvalue weighted by atomic mass is 9.98. The molecule has 1 aliphatic rings. The highest BCUT2D eigenvalue weighted by molar-refractivity contribution is 6.31. The standard InChI is InChI=1S/C25H23ClN2O2/c1-2-17-7-3-4-11-22(17)27-24(29)19-12-13-23-18(15-19)9-6-14-28(23)25(30)20-8-5-10-21(26)16-20/h3-5,7-8,10-13,15-16H,2,6,9,14H2,1H3,(H,27,29). The molecule has 0 saturated carbocycles. The number of hydrogen-bond acceptors (Lipinski definition) is 2. The zero-order valence-corrected chi connectivity index (χ0v) is 17.6. The summed E-state index contributed by atoms with van der Waals surface area (Å²) >= 11 is 6.06. The first-order chi connectivity index (χ1) is 14.6. The van der Waals surface area contributed by atoms with Gasteiger partial charge in [0.15, 0.2) is 0 Å². The molecular weight excluding hydrogens is 396 g/mol. The van der Waals surface area contributed by atoms with Gasteiger partial charge in [-0.3, -0.25) is 9.59 Å². The summed E-state index contributed by atoms with van der Waals surface area (Å²) in [4.78, 5) is 27.6. The summed E-state index contributed by atoms with van der Waals surface area (Å²) < 4.78 is 0. The Labute approximate surface area is 181 Å². The van der Waals surface area contributed by atoms with Crippen LogP contribution in [0.5, 0.6) is 0 Å². The summed E-state index contributed by atoms with van der Waals surface area (Å²) in [5.74, 6) is -0.218. The first-order valence-corrected chi connectivity index (χ1v) is 10.5. The van der Waals surface area contributed by atoms with Crippen molar-refractivity contribution in [3.63, 3.8) is 0 Å². The summed E-state index contributed by atoms with van der Waals surface area (Å²) in [5.41, 5.74) is 4.96. The predicted molar refractivity (Wildman–Crippen MR) is 122 cm³/mol. The fraction of sp³-hybridized carbons (Fsp3) is 0.200. The van der Waals surface area contributed by atoms with Crippen molar-refractivity contribution in [2.24, 2.45) is 0 Å². The summed E-state index contributed by atoms with van der Waals surface area (Å²) in [5, 5.41) is 3.56. The zero-order chi connectivity index (χ0) is 21.1. The molecule has 0 radical (unpaired) electrons. The van der Waals surface area contributed by atoms with Gasteiger partial charge in [0, 0.05) is 34.1 Å². The molecule has 4 nitrogen and oxygen atoms in total. The Kier molecular flexibility index (Phi) is 5.86. The third kappa shape index (κ3) is 4.10. The highest BCUT2D eigenvalue weighted by Crippen LogP contribution is 2.30. The number of carbonyl (C=O) groups excluding carboxylic acids is 2. The summed E-state index contributed by atoms with van der Waals surface area (Å²) in [7, 11) is 0. The van der Waals surface area contributed by atoms with E-state index in [1.54, 1.807) is 35.2 Å². The summed E-state index contributed by atoms with van der Waals surface area (Å²) in [6, 6.07) is 20.4. The lowest BCUT2D eigenvalue weighted by molar-refractivity contribution is 0.0984. The molecule has 0 unspecified atom stereocenters. The van der Waals surface area contributed by atoms with Crippen LogP contribution in [0.3, 0.4) is 0 Å². The maximum absolute atomic E-state index is 13.0. The van der Waals surface area contributed by atoms with Crippen LogP contribution >= 0.6 is 11.6 Å². The summed E-state index contributed by atoms with van der Waals surface area (Å²) in [6.07, 6.45) is 2.53. The predicted octanol–water partition coefficient (Wildman–Crippen LogP) is 5.75. The average molecular weight is 419 g/mol. The molecule has 0 bridgehead atoms. The van der Waals surface area contributed by atoms with E-state index in [0.29, 0.717) is 22.7 Å². The van der Waals surface area contributed by atoms with Crippen LogP contribution in [0.25, 0.3) is 0 Å². The minimum absolute atomic E-state index is 0.0764. The van der Waals surface area contributed by atoms with Gasteiger partial charge < -0.3 is 10.2 Å². The molecule has 3 aromatic rings. The summed E-state index contributed by atoms with van der Waals surface area (Å²) in [6.45, 7) is 2.71. The van der Waals surface area contributed by atoms with Crippen LogP contribution in [-0.4, -0.2) is 18.4 Å². The Balaban J connectivity index is 1.59. The van der Waals surface area contributed by atoms with E-state index in [9.17, 15) is 9.59 Å². The van der Waals surface area contributed by atoms with Crippen LogP contribution in [0.4, 0.5) is 11.4 Å². The number of nitrogens with zero attached hydrogens (tertiary/aromatic N) is 1. The van der Waals surface area contributed by atoms with Crippen LogP contribution < -0.4 is 10.2 Å². The molecule has 0 saturated heterocycles. The van der Waals surface area contributed by atoms with Crippen molar-refractivity contribution in [3.05, 3.63) is 94.0 Å². The van der Waals surface area contributed by atoms with Crippen LogP contribution in [0.1, 0.15) is 45.2 Å². The van der Waals surface area contributed by atoms with E-state index in [1.807, 2.05) is 36.4 Å². The van der Waals surface area contributed by atoms with E-state index in [0.717, 1.165) is 41.8 Å². The second kappa shape index (κ2) is 8.72. The second-order valence-electron chi connectivity index (χ2n) is 7.38. The lowest BCUT2D eigenvalue weighted by Gasteiger charge is -2.30. The number of aryl methyl sites for hydroxylation is 2. The van der Waals surface area contributed by atoms with Gasteiger partial charge in [0.25, 0.3) is 11.8 Å². The van der Waals surface area contributed by atoms with E-state index >= 15 is 0 Å². The van der Waals surface area contributed by atoms with Gasteiger partial charge >= 0.3 is 0 Å². The highest BCUT2D eigenvalue weighted by atomic mass is 35.5. The molecule has 30 heavy (non-hydrogen) atoms. The quantitative estimate of drug-likeness (QED) is 0.586. The van der Waals surface area contributed by atoms with Gasteiger partial charge in [0.2, 0.25) is 0 Å². The maximum atomic E-state index is 13.0. The molecule has 5 heteroatoms. The minimum Gasteiger partial charge on any atom is -0.322 e. The number of para-hydroxylation sites is 1. The number of halogens is 1. The number of carbonyl (C=O) groups is 2. The van der Waals surface area contributed by atoms with Crippen molar-refractivity contribution >= 4 is 34.8 Å². The Morgan fingerprint density at radius 3 is 2.63 bits per heavy atom. The molecule has 152 valence electrons. The molecule has 0 aliphatic carbocycles. The first-order valence-electron chi connectivity index (χ1n) is 10.2. The minimum atomic E-state index is -0.142. The molecule has 2 amide bonds. The number of hydrogen-bond donors (Lipinski definition) is 1. The number of rotatable bonds is 4. The molecule has 1 N–H and O–H groups in total. The molecule has 0 spiro atoms. The Morgan fingerprint density at radius 1 is 1.00 bits per heavy atom. The third-order valence-corrected chi connectivity index (χ3v) is 5.66. The van der Waals surface area contributed by atoms with Crippen molar-refractivity contribution in [3.8, 4) is 0 Å². The first kappa shape index (κ1) is 20.2. The van der Waals surface area contributed by atoms with E-state index < -0.39 is 0 Å². The number of amides is 2. The van der Waals surface area contributed by atoms with Gasteiger partial charge in [-0.15, -0.1) is 0 Å². The van der Waals surface area contributed by atoms with Crippen LogP contribution in [0.2, 0.25) is 5.02 Å². The van der Waals surface area contributed by atoms with Gasteiger partial charge in [-0.05, 0) is 72.9 Å². The zero-order valence-electron chi connectivity index (χ0n) is 16.8. The van der Waals surface area contributed by atoms with Crippen LogP contribution in [0.15, 0.2) is 66.7 Å². The van der Waals surface area contributed by atoms with Gasteiger partial charge in [0.05, 0.1) is 0 Å². The number of fused-ring (bicyclic) bond motifs is 1. The van der Waals surface area contributed by atoms with Crippen molar-refractivity contribution in [2.75, 3.05) is 16.8 Å². The van der Waals surface area contributed by atoms with E-state index in [2.05, 4.69) is 12.2 Å². The smallest absolute Gasteiger partial charge is 0.258 e. The molecule has 0 fully saturated rings. The molecule has 4 rings (SSSR count). The number of benzene rings is 3. The van der Waals surface area contributed by atoms with Gasteiger partial charge in [-0.2, -0.15) is 0 Å². The Bertz CT molecular complexity index is 1110. The van der Waals surface area contributed by atoms with Gasteiger partial charge in [0.1, 0.15) is 0 Å². The van der Waals surface area contributed by atoms with E-state index in [1.165, 1.54) is 0 Å². The Hall–Kier alpha value is -3.11. The third-order valence-electron chi connectivity index (χ3n) is 5.42. The van der Waals surface area contributed by atoms with Crippen LogP contribution in [-0.2, 0) is 12.8 Å². The fourth-order valence-corrected chi connectivity index (χ4v) is 4.06. The van der Waals surface area contributed by atoms with Gasteiger partial charge in [-0.25, -0.2) is 0 Å². The Morgan fingerprint density at radius 2 is 1.83 bits per heavy atom. The molecule has 1 heterocycles. The maximum Gasteiger partial charge on any atom is 0.258 e. The van der Waals surface area contributed by atoms with Gasteiger partial charge in [-0.1, -0.05) is 42.8 Å². The van der Waals surface area contributed by atoms with Crippen molar-refractivity contribution in [2.45, 2.75) is 26.2 Å². The fourth-order valence-electron chi connectivity index (χ4n) is 3.87. The molecule has 3 aromatic carbocycles. The second-order valence-corrected chi connectivity index (χ2v) is 7.82.